The highest BCUT2D eigenvalue weighted by Crippen LogP contribution is 2.33. The summed E-state index contributed by atoms with van der Waals surface area (Å²) in [6, 6.07) is 11.1. The third-order valence-electron chi connectivity index (χ3n) is 4.32. The van der Waals surface area contributed by atoms with E-state index in [4.69, 9.17) is 4.74 Å². The Labute approximate surface area is 156 Å². The van der Waals surface area contributed by atoms with Gasteiger partial charge in [0.15, 0.2) is 0 Å². The second-order valence-corrected chi connectivity index (χ2v) is 6.09. The average molecular weight is 367 g/mol. The highest BCUT2D eigenvalue weighted by molar-refractivity contribution is 6.21. The highest BCUT2D eigenvalue weighted by atomic mass is 19.1. The Morgan fingerprint density at radius 2 is 1.63 bits per heavy atom. The van der Waals surface area contributed by atoms with Crippen molar-refractivity contribution in [3.05, 3.63) is 82.7 Å². The van der Waals surface area contributed by atoms with E-state index < -0.39 is 29.6 Å². The molecule has 0 saturated carbocycles. The fourth-order valence-corrected chi connectivity index (χ4v) is 2.99. The molecule has 0 bridgehead atoms. The standard InChI is InChI=1S/C21H18FNO4/c1-3-27-21(26)13(2)12-18(14-8-10-15(22)11-9-14)23-19(24)16-6-4-5-7-17(16)20(23)25/h4-12,18H,3H2,1-2H3/b13-12+. The first-order chi connectivity index (χ1) is 12.9. The average Bonchev–Trinajstić information content (AvgIpc) is 2.92. The van der Waals surface area contributed by atoms with Crippen LogP contribution in [0.25, 0.3) is 0 Å². The summed E-state index contributed by atoms with van der Waals surface area (Å²) < 4.78 is 18.3. The summed E-state index contributed by atoms with van der Waals surface area (Å²) in [5.74, 6) is -1.90. The van der Waals surface area contributed by atoms with E-state index in [-0.39, 0.29) is 12.2 Å². The van der Waals surface area contributed by atoms with Gasteiger partial charge >= 0.3 is 5.97 Å². The second kappa shape index (κ2) is 7.53. The van der Waals surface area contributed by atoms with Crippen molar-refractivity contribution < 1.29 is 23.5 Å². The Hall–Kier alpha value is -3.28. The Morgan fingerprint density at radius 1 is 1.07 bits per heavy atom. The number of esters is 1. The van der Waals surface area contributed by atoms with Crippen LogP contribution in [0.4, 0.5) is 4.39 Å². The first-order valence-electron chi connectivity index (χ1n) is 8.52. The van der Waals surface area contributed by atoms with Gasteiger partial charge in [-0.2, -0.15) is 0 Å². The first kappa shape index (κ1) is 18.5. The van der Waals surface area contributed by atoms with Gasteiger partial charge in [-0.25, -0.2) is 9.18 Å². The van der Waals surface area contributed by atoms with Crippen molar-refractivity contribution >= 4 is 17.8 Å². The predicted octanol–water partition coefficient (Wildman–Crippen LogP) is 3.67. The molecule has 0 spiro atoms. The number of imide groups is 1. The minimum Gasteiger partial charge on any atom is -0.463 e. The van der Waals surface area contributed by atoms with Gasteiger partial charge in [0, 0.05) is 5.57 Å². The van der Waals surface area contributed by atoms with Crippen LogP contribution >= 0.6 is 0 Å². The number of rotatable bonds is 5. The maximum absolute atomic E-state index is 13.3. The molecular weight excluding hydrogens is 349 g/mol. The van der Waals surface area contributed by atoms with E-state index in [1.807, 2.05) is 0 Å². The molecule has 3 rings (SSSR count). The number of benzene rings is 2. The molecule has 1 aliphatic heterocycles. The van der Waals surface area contributed by atoms with Crippen LogP contribution in [-0.4, -0.2) is 29.3 Å². The lowest BCUT2D eigenvalue weighted by Gasteiger charge is -2.24. The Bertz CT molecular complexity index is 898. The van der Waals surface area contributed by atoms with Crippen LogP contribution in [0.15, 0.2) is 60.2 Å². The maximum Gasteiger partial charge on any atom is 0.333 e. The normalized spacial score (nSPS) is 14.9. The van der Waals surface area contributed by atoms with Crippen molar-refractivity contribution in [1.29, 1.82) is 0 Å². The zero-order valence-corrected chi connectivity index (χ0v) is 14.9. The van der Waals surface area contributed by atoms with E-state index in [9.17, 15) is 18.8 Å². The zero-order chi connectivity index (χ0) is 19.6. The number of halogens is 1. The molecule has 0 saturated heterocycles. The lowest BCUT2D eigenvalue weighted by atomic mass is 10.0. The zero-order valence-electron chi connectivity index (χ0n) is 14.9. The van der Waals surface area contributed by atoms with Gasteiger partial charge in [-0.15, -0.1) is 0 Å². The van der Waals surface area contributed by atoms with Gasteiger partial charge < -0.3 is 4.74 Å². The van der Waals surface area contributed by atoms with Gasteiger partial charge in [-0.1, -0.05) is 24.3 Å². The molecule has 1 aliphatic rings. The van der Waals surface area contributed by atoms with Crippen molar-refractivity contribution in [3.8, 4) is 0 Å². The summed E-state index contributed by atoms with van der Waals surface area (Å²) in [4.78, 5) is 38.8. The Balaban J connectivity index is 2.07. The fraction of sp³-hybridized carbons (Fsp3) is 0.190. The van der Waals surface area contributed by atoms with Crippen LogP contribution in [0.1, 0.15) is 46.2 Å². The molecular formula is C21H18FNO4. The summed E-state index contributed by atoms with van der Waals surface area (Å²) >= 11 is 0. The summed E-state index contributed by atoms with van der Waals surface area (Å²) in [6.07, 6.45) is 1.49. The maximum atomic E-state index is 13.3. The largest absolute Gasteiger partial charge is 0.463 e. The van der Waals surface area contributed by atoms with Crippen molar-refractivity contribution in [3.63, 3.8) is 0 Å². The number of ether oxygens (including phenoxy) is 1. The third kappa shape index (κ3) is 3.51. The van der Waals surface area contributed by atoms with Crippen LogP contribution < -0.4 is 0 Å². The number of carbonyl (C=O) groups is 3. The van der Waals surface area contributed by atoms with Gasteiger partial charge in [0.25, 0.3) is 11.8 Å². The molecule has 2 aromatic rings. The van der Waals surface area contributed by atoms with Crippen molar-refractivity contribution in [2.75, 3.05) is 6.61 Å². The van der Waals surface area contributed by atoms with E-state index in [1.54, 1.807) is 38.1 Å². The molecule has 138 valence electrons. The third-order valence-corrected chi connectivity index (χ3v) is 4.32. The van der Waals surface area contributed by atoms with E-state index in [2.05, 4.69) is 0 Å². The monoisotopic (exact) mass is 367 g/mol. The van der Waals surface area contributed by atoms with E-state index in [1.165, 1.54) is 30.3 Å². The van der Waals surface area contributed by atoms with Gasteiger partial charge in [0.2, 0.25) is 0 Å². The van der Waals surface area contributed by atoms with Crippen molar-refractivity contribution in [1.82, 2.24) is 4.90 Å². The van der Waals surface area contributed by atoms with Crippen LogP contribution in [-0.2, 0) is 9.53 Å². The quantitative estimate of drug-likeness (QED) is 0.459. The number of hydrogen-bond donors (Lipinski definition) is 0. The molecule has 2 aromatic carbocycles. The van der Waals surface area contributed by atoms with Crippen LogP contribution in [0.3, 0.4) is 0 Å². The minimum absolute atomic E-state index is 0.207. The molecule has 1 unspecified atom stereocenters. The SMILES string of the molecule is CCOC(=O)/C(C)=C/C(c1ccc(F)cc1)N1C(=O)c2ccccc2C1=O. The number of amides is 2. The molecule has 0 aliphatic carbocycles. The minimum atomic E-state index is -0.859. The van der Waals surface area contributed by atoms with E-state index >= 15 is 0 Å². The van der Waals surface area contributed by atoms with Crippen LogP contribution in [0, 0.1) is 5.82 Å². The predicted molar refractivity (Wildman–Crippen MR) is 96.5 cm³/mol. The van der Waals surface area contributed by atoms with Gasteiger partial charge in [0.1, 0.15) is 5.82 Å². The molecule has 2 amide bonds. The second-order valence-electron chi connectivity index (χ2n) is 6.09. The smallest absolute Gasteiger partial charge is 0.333 e. The Morgan fingerprint density at radius 3 is 2.15 bits per heavy atom. The number of carbonyl (C=O) groups excluding carboxylic acids is 3. The van der Waals surface area contributed by atoms with Gasteiger partial charge in [-0.3, -0.25) is 14.5 Å². The summed E-state index contributed by atoms with van der Waals surface area (Å²) in [7, 11) is 0. The van der Waals surface area contributed by atoms with Gasteiger partial charge in [0.05, 0.1) is 23.8 Å². The highest BCUT2D eigenvalue weighted by Gasteiger charge is 2.39. The fourth-order valence-electron chi connectivity index (χ4n) is 2.99. The van der Waals surface area contributed by atoms with Crippen molar-refractivity contribution in [2.24, 2.45) is 0 Å². The molecule has 0 fully saturated rings. The van der Waals surface area contributed by atoms with Crippen molar-refractivity contribution in [2.45, 2.75) is 19.9 Å². The number of fused-ring (bicyclic) bond motifs is 1. The number of nitrogens with zero attached hydrogens (tertiary/aromatic N) is 1. The molecule has 0 radical (unpaired) electrons. The van der Waals surface area contributed by atoms with Gasteiger partial charge in [-0.05, 0) is 49.8 Å². The lowest BCUT2D eigenvalue weighted by molar-refractivity contribution is -0.138. The molecule has 0 N–H and O–H groups in total. The summed E-state index contributed by atoms with van der Waals surface area (Å²) in [5.41, 5.74) is 1.37. The van der Waals surface area contributed by atoms with E-state index in [0.29, 0.717) is 16.7 Å². The summed E-state index contributed by atoms with van der Waals surface area (Å²) in [5, 5.41) is 0. The number of hydrogen-bond acceptors (Lipinski definition) is 4. The topological polar surface area (TPSA) is 63.7 Å². The van der Waals surface area contributed by atoms with Crippen LogP contribution in [0.2, 0.25) is 0 Å². The molecule has 27 heavy (non-hydrogen) atoms. The molecule has 1 atom stereocenters. The summed E-state index contributed by atoms with van der Waals surface area (Å²) in [6.45, 7) is 3.44. The molecule has 0 aromatic heterocycles. The molecule has 5 nitrogen and oxygen atoms in total. The van der Waals surface area contributed by atoms with Crippen LogP contribution in [0.5, 0.6) is 0 Å². The lowest BCUT2D eigenvalue weighted by Crippen LogP contribution is -2.33. The first-order valence-corrected chi connectivity index (χ1v) is 8.52. The Kier molecular flexibility index (Phi) is 5.16. The molecule has 6 heteroatoms. The molecule has 1 heterocycles. The van der Waals surface area contributed by atoms with E-state index in [0.717, 1.165) is 4.90 Å².